The van der Waals surface area contributed by atoms with Crippen molar-refractivity contribution >= 4 is 11.7 Å². The number of hydrogen-bond donors (Lipinski definition) is 0. The zero-order valence-corrected chi connectivity index (χ0v) is 11.3. The second-order valence-corrected chi connectivity index (χ2v) is 4.00. The molecule has 0 unspecified atom stereocenters. The Hall–Kier alpha value is -2.43. The predicted octanol–water partition coefficient (Wildman–Crippen LogP) is 3.20. The molecule has 0 fully saturated rings. The molecule has 0 spiro atoms. The average molecular weight is 275 g/mol. The lowest BCUT2D eigenvalue weighted by molar-refractivity contribution is -0.384. The summed E-state index contributed by atoms with van der Waals surface area (Å²) in [6.45, 7) is 2.12. The highest BCUT2D eigenvalue weighted by Crippen LogP contribution is 2.13. The van der Waals surface area contributed by atoms with Gasteiger partial charge in [-0.15, -0.1) is 0 Å². The standard InChI is InChI=1S/C15H17NO4/c1-2-20-15(17)8-6-4-3-5-7-13-9-11-14(12-10-13)16(18)19/h3-4,6,8-12H,2,5,7H2,1H3/b4-3+,8-6+. The number of nitro benzene ring substituents is 1. The summed E-state index contributed by atoms with van der Waals surface area (Å²) in [5.74, 6) is -0.354. The van der Waals surface area contributed by atoms with Gasteiger partial charge in [-0.2, -0.15) is 0 Å². The van der Waals surface area contributed by atoms with Gasteiger partial charge in [0.25, 0.3) is 5.69 Å². The van der Waals surface area contributed by atoms with Gasteiger partial charge in [-0.05, 0) is 25.3 Å². The van der Waals surface area contributed by atoms with E-state index in [0.29, 0.717) is 6.61 Å². The fourth-order valence-electron chi connectivity index (χ4n) is 1.53. The Morgan fingerprint density at radius 1 is 1.30 bits per heavy atom. The van der Waals surface area contributed by atoms with Gasteiger partial charge in [0, 0.05) is 18.2 Å². The maximum atomic E-state index is 11.0. The molecule has 0 N–H and O–H groups in total. The zero-order chi connectivity index (χ0) is 14.8. The Labute approximate surface area is 117 Å². The predicted molar refractivity (Wildman–Crippen MR) is 76.3 cm³/mol. The number of esters is 1. The monoisotopic (exact) mass is 275 g/mol. The molecule has 5 nitrogen and oxygen atoms in total. The van der Waals surface area contributed by atoms with Crippen LogP contribution in [0.15, 0.2) is 48.6 Å². The molecule has 0 aliphatic carbocycles. The van der Waals surface area contributed by atoms with E-state index in [0.717, 1.165) is 18.4 Å². The third-order valence-electron chi connectivity index (χ3n) is 2.51. The van der Waals surface area contributed by atoms with Crippen LogP contribution in [0.4, 0.5) is 5.69 Å². The van der Waals surface area contributed by atoms with Gasteiger partial charge in [-0.3, -0.25) is 10.1 Å². The van der Waals surface area contributed by atoms with Crippen molar-refractivity contribution in [2.45, 2.75) is 19.8 Å². The fraction of sp³-hybridized carbons (Fsp3) is 0.267. The van der Waals surface area contributed by atoms with Crippen LogP contribution in [0.2, 0.25) is 0 Å². The van der Waals surface area contributed by atoms with Gasteiger partial charge >= 0.3 is 5.97 Å². The largest absolute Gasteiger partial charge is 0.463 e. The van der Waals surface area contributed by atoms with Gasteiger partial charge in [0.2, 0.25) is 0 Å². The van der Waals surface area contributed by atoms with Crippen molar-refractivity contribution in [2.75, 3.05) is 6.61 Å². The molecule has 0 saturated carbocycles. The number of nitro groups is 1. The smallest absolute Gasteiger partial charge is 0.330 e. The van der Waals surface area contributed by atoms with E-state index in [1.807, 2.05) is 6.08 Å². The molecule has 0 radical (unpaired) electrons. The molecule has 1 rings (SSSR count). The van der Waals surface area contributed by atoms with Gasteiger partial charge in [-0.25, -0.2) is 4.79 Å². The van der Waals surface area contributed by atoms with E-state index in [-0.39, 0.29) is 11.7 Å². The summed E-state index contributed by atoms with van der Waals surface area (Å²) in [5.41, 5.74) is 1.14. The first-order chi connectivity index (χ1) is 9.63. The van der Waals surface area contributed by atoms with Crippen LogP contribution in [0.25, 0.3) is 0 Å². The number of carbonyl (C=O) groups is 1. The number of nitrogens with zero attached hydrogens (tertiary/aromatic N) is 1. The van der Waals surface area contributed by atoms with Gasteiger partial charge in [0.15, 0.2) is 0 Å². The van der Waals surface area contributed by atoms with Crippen LogP contribution in [-0.2, 0) is 16.0 Å². The molecule has 0 aliphatic rings. The molecular formula is C15H17NO4. The Bertz CT molecular complexity index is 503. The van der Waals surface area contributed by atoms with Crippen LogP contribution in [0.5, 0.6) is 0 Å². The summed E-state index contributed by atoms with van der Waals surface area (Å²) < 4.78 is 4.73. The molecular weight excluding hydrogens is 258 g/mol. The number of rotatable bonds is 7. The molecule has 0 saturated heterocycles. The number of allylic oxidation sites excluding steroid dienone is 3. The minimum absolute atomic E-state index is 0.0988. The first-order valence-electron chi connectivity index (χ1n) is 6.36. The summed E-state index contributed by atoms with van der Waals surface area (Å²) in [7, 11) is 0. The molecule has 0 aliphatic heterocycles. The van der Waals surface area contributed by atoms with Crippen LogP contribution in [0, 0.1) is 10.1 Å². The Kier molecular flexibility index (Phi) is 6.75. The second kappa shape index (κ2) is 8.63. The van der Waals surface area contributed by atoms with E-state index in [4.69, 9.17) is 4.74 Å². The fourth-order valence-corrected chi connectivity index (χ4v) is 1.53. The normalized spacial score (nSPS) is 11.1. The van der Waals surface area contributed by atoms with Crippen molar-refractivity contribution in [3.63, 3.8) is 0 Å². The topological polar surface area (TPSA) is 69.4 Å². The summed E-state index contributed by atoms with van der Waals surface area (Å²) in [6.07, 6.45) is 8.30. The van der Waals surface area contributed by atoms with Crippen LogP contribution in [0.3, 0.4) is 0 Å². The van der Waals surface area contributed by atoms with Crippen LogP contribution in [-0.4, -0.2) is 17.5 Å². The molecule has 1 aromatic rings. The molecule has 0 bridgehead atoms. The summed E-state index contributed by atoms with van der Waals surface area (Å²) in [6, 6.07) is 6.50. The van der Waals surface area contributed by atoms with Gasteiger partial charge in [0.1, 0.15) is 0 Å². The Morgan fingerprint density at radius 3 is 2.60 bits per heavy atom. The lowest BCUT2D eigenvalue weighted by atomic mass is 10.1. The Balaban J connectivity index is 2.33. The van der Waals surface area contributed by atoms with Crippen LogP contribution in [0.1, 0.15) is 18.9 Å². The molecule has 20 heavy (non-hydrogen) atoms. The molecule has 1 aromatic carbocycles. The third-order valence-corrected chi connectivity index (χ3v) is 2.51. The van der Waals surface area contributed by atoms with E-state index in [9.17, 15) is 14.9 Å². The van der Waals surface area contributed by atoms with E-state index < -0.39 is 4.92 Å². The Morgan fingerprint density at radius 2 is 2.00 bits per heavy atom. The van der Waals surface area contributed by atoms with E-state index in [1.165, 1.54) is 18.2 Å². The van der Waals surface area contributed by atoms with Gasteiger partial charge in [-0.1, -0.05) is 30.4 Å². The molecule has 0 aromatic heterocycles. The summed E-state index contributed by atoms with van der Waals surface area (Å²) in [4.78, 5) is 21.1. The van der Waals surface area contributed by atoms with E-state index >= 15 is 0 Å². The van der Waals surface area contributed by atoms with Gasteiger partial charge < -0.3 is 4.74 Å². The molecule has 0 amide bonds. The molecule has 0 heterocycles. The number of aryl methyl sites for hydroxylation is 1. The summed E-state index contributed by atoms with van der Waals surface area (Å²) in [5, 5.41) is 10.5. The third kappa shape index (κ3) is 5.95. The van der Waals surface area contributed by atoms with Crippen molar-refractivity contribution in [1.82, 2.24) is 0 Å². The highest BCUT2D eigenvalue weighted by molar-refractivity contribution is 5.82. The highest BCUT2D eigenvalue weighted by Gasteiger charge is 2.02. The van der Waals surface area contributed by atoms with Crippen molar-refractivity contribution in [3.05, 3.63) is 64.2 Å². The number of carbonyl (C=O) groups excluding carboxylic acids is 1. The number of benzene rings is 1. The van der Waals surface area contributed by atoms with Crippen molar-refractivity contribution in [2.24, 2.45) is 0 Å². The maximum absolute atomic E-state index is 11.0. The van der Waals surface area contributed by atoms with E-state index in [2.05, 4.69) is 0 Å². The second-order valence-electron chi connectivity index (χ2n) is 4.00. The van der Waals surface area contributed by atoms with Crippen molar-refractivity contribution < 1.29 is 14.5 Å². The minimum atomic E-state index is -0.413. The number of non-ortho nitro benzene ring substituents is 1. The average Bonchev–Trinajstić information content (AvgIpc) is 2.43. The van der Waals surface area contributed by atoms with Crippen LogP contribution >= 0.6 is 0 Å². The molecule has 106 valence electrons. The van der Waals surface area contributed by atoms with E-state index in [1.54, 1.807) is 31.2 Å². The van der Waals surface area contributed by atoms with Crippen molar-refractivity contribution in [1.29, 1.82) is 0 Å². The lowest BCUT2D eigenvalue weighted by Crippen LogP contribution is -1.98. The SMILES string of the molecule is CCOC(=O)/C=C/C=C/CCc1ccc([N+](=O)[O-])cc1. The van der Waals surface area contributed by atoms with Gasteiger partial charge in [0.05, 0.1) is 11.5 Å². The minimum Gasteiger partial charge on any atom is -0.463 e. The molecule has 5 heteroatoms. The number of ether oxygens (including phenoxy) is 1. The first kappa shape index (κ1) is 15.6. The quantitative estimate of drug-likeness (QED) is 0.252. The molecule has 0 atom stereocenters. The zero-order valence-electron chi connectivity index (χ0n) is 11.3. The van der Waals surface area contributed by atoms with Crippen LogP contribution < -0.4 is 0 Å². The first-order valence-corrected chi connectivity index (χ1v) is 6.36. The van der Waals surface area contributed by atoms with Crippen molar-refractivity contribution in [3.8, 4) is 0 Å². The number of hydrogen-bond acceptors (Lipinski definition) is 4. The lowest BCUT2D eigenvalue weighted by Gasteiger charge is -1.97. The summed E-state index contributed by atoms with van der Waals surface area (Å²) >= 11 is 0. The highest BCUT2D eigenvalue weighted by atomic mass is 16.6. The maximum Gasteiger partial charge on any atom is 0.330 e.